The van der Waals surface area contributed by atoms with Crippen molar-refractivity contribution in [3.8, 4) is 0 Å². The molecule has 1 saturated heterocycles. The Morgan fingerprint density at radius 1 is 1.28 bits per heavy atom. The lowest BCUT2D eigenvalue weighted by Gasteiger charge is -2.22. The monoisotopic (exact) mass is 346 g/mol. The van der Waals surface area contributed by atoms with Crippen LogP contribution < -0.4 is 5.32 Å². The second-order valence-corrected chi connectivity index (χ2v) is 6.91. The smallest absolute Gasteiger partial charge is 0.328 e. The Morgan fingerprint density at radius 2 is 1.92 bits per heavy atom. The van der Waals surface area contributed by atoms with Gasteiger partial charge in [-0.15, -0.1) is 0 Å². The molecule has 1 N–H and O–H groups in total. The zero-order valence-electron chi connectivity index (χ0n) is 15.2. The van der Waals surface area contributed by atoms with Crippen molar-refractivity contribution < 1.29 is 19.1 Å². The minimum Gasteiger partial charge on any atom is -0.467 e. The minimum atomic E-state index is -0.696. The number of benzene rings is 1. The van der Waals surface area contributed by atoms with Crippen LogP contribution in [0.4, 0.5) is 0 Å². The van der Waals surface area contributed by atoms with E-state index >= 15 is 0 Å². The number of rotatable bonds is 6. The third kappa shape index (κ3) is 4.81. The van der Waals surface area contributed by atoms with Crippen molar-refractivity contribution in [1.29, 1.82) is 0 Å². The van der Waals surface area contributed by atoms with E-state index in [1.807, 2.05) is 45.0 Å². The van der Waals surface area contributed by atoms with Crippen LogP contribution in [0.1, 0.15) is 31.4 Å². The van der Waals surface area contributed by atoms with Gasteiger partial charge in [0.1, 0.15) is 6.04 Å². The molecule has 0 spiro atoms. The number of ether oxygens (including phenoxy) is 1. The van der Waals surface area contributed by atoms with Crippen LogP contribution in [0.2, 0.25) is 0 Å². The van der Waals surface area contributed by atoms with Crippen molar-refractivity contribution in [2.75, 3.05) is 13.7 Å². The normalized spacial score (nSPS) is 18.4. The van der Waals surface area contributed by atoms with Crippen molar-refractivity contribution in [3.05, 3.63) is 35.4 Å². The number of aryl methyl sites for hydroxylation is 1. The van der Waals surface area contributed by atoms with Crippen molar-refractivity contribution in [2.45, 2.75) is 39.8 Å². The van der Waals surface area contributed by atoms with E-state index in [9.17, 15) is 14.4 Å². The second-order valence-electron chi connectivity index (χ2n) is 6.91. The molecule has 0 radical (unpaired) electrons. The highest BCUT2D eigenvalue weighted by Crippen LogP contribution is 2.21. The number of likely N-dealkylation sites (tertiary alicyclic amines) is 1. The Hall–Kier alpha value is -2.37. The van der Waals surface area contributed by atoms with Gasteiger partial charge in [0.05, 0.1) is 13.0 Å². The quantitative estimate of drug-likeness (QED) is 0.795. The SMILES string of the molecule is COC(=O)C(NC(=O)C1CC(=O)N(Cc2ccc(C)cc2)C1)C(C)C. The van der Waals surface area contributed by atoms with Crippen LogP contribution in [-0.4, -0.2) is 42.4 Å². The summed E-state index contributed by atoms with van der Waals surface area (Å²) in [7, 11) is 1.30. The second kappa shape index (κ2) is 8.14. The number of esters is 1. The molecule has 2 unspecified atom stereocenters. The number of amides is 2. The fraction of sp³-hybridized carbons (Fsp3) is 0.526. The molecule has 1 aliphatic heterocycles. The molecule has 1 aromatic rings. The molecule has 1 heterocycles. The lowest BCUT2D eigenvalue weighted by Crippen LogP contribution is -2.47. The van der Waals surface area contributed by atoms with Crippen molar-refractivity contribution in [3.63, 3.8) is 0 Å². The van der Waals surface area contributed by atoms with Gasteiger partial charge in [0, 0.05) is 19.5 Å². The van der Waals surface area contributed by atoms with Gasteiger partial charge < -0.3 is 15.0 Å². The summed E-state index contributed by atoms with van der Waals surface area (Å²) in [6.45, 7) is 6.55. The van der Waals surface area contributed by atoms with Gasteiger partial charge in [-0.1, -0.05) is 43.7 Å². The highest BCUT2D eigenvalue weighted by atomic mass is 16.5. The Kier molecular flexibility index (Phi) is 6.17. The fourth-order valence-electron chi connectivity index (χ4n) is 2.91. The first kappa shape index (κ1) is 19.0. The van der Waals surface area contributed by atoms with E-state index in [-0.39, 0.29) is 24.2 Å². The molecular formula is C19H26N2O4. The molecule has 2 amide bonds. The fourth-order valence-corrected chi connectivity index (χ4v) is 2.91. The van der Waals surface area contributed by atoms with Crippen molar-refractivity contribution in [2.24, 2.45) is 11.8 Å². The number of methoxy groups -OCH3 is 1. The first-order chi connectivity index (χ1) is 11.8. The van der Waals surface area contributed by atoms with Crippen LogP contribution in [-0.2, 0) is 25.7 Å². The molecule has 25 heavy (non-hydrogen) atoms. The molecule has 1 aliphatic rings. The predicted molar refractivity (Wildman–Crippen MR) is 93.5 cm³/mol. The lowest BCUT2D eigenvalue weighted by atomic mass is 10.0. The third-order valence-corrected chi connectivity index (χ3v) is 4.50. The number of carbonyl (C=O) groups is 3. The maximum absolute atomic E-state index is 12.5. The highest BCUT2D eigenvalue weighted by molar-refractivity contribution is 5.91. The molecule has 0 aromatic heterocycles. The van der Waals surface area contributed by atoms with E-state index in [2.05, 4.69) is 5.32 Å². The molecule has 0 aliphatic carbocycles. The molecule has 0 saturated carbocycles. The number of carbonyl (C=O) groups excluding carboxylic acids is 3. The number of nitrogens with zero attached hydrogens (tertiary/aromatic N) is 1. The highest BCUT2D eigenvalue weighted by Gasteiger charge is 2.36. The molecule has 1 aromatic carbocycles. The van der Waals surface area contributed by atoms with Crippen LogP contribution in [0.25, 0.3) is 0 Å². The van der Waals surface area contributed by atoms with Crippen LogP contribution in [0, 0.1) is 18.8 Å². The standard InChI is InChI=1S/C19H26N2O4/c1-12(2)17(19(24)25-4)20-18(23)15-9-16(22)21(11-15)10-14-7-5-13(3)6-8-14/h5-8,12,15,17H,9-11H2,1-4H3,(H,20,23). The first-order valence-electron chi connectivity index (χ1n) is 8.53. The van der Waals surface area contributed by atoms with Gasteiger partial charge >= 0.3 is 5.97 Å². The maximum Gasteiger partial charge on any atom is 0.328 e. The van der Waals surface area contributed by atoms with Gasteiger partial charge in [0.2, 0.25) is 11.8 Å². The van der Waals surface area contributed by atoms with Crippen molar-refractivity contribution >= 4 is 17.8 Å². The molecule has 1 fully saturated rings. The summed E-state index contributed by atoms with van der Waals surface area (Å²) in [5.41, 5.74) is 2.20. The molecule has 2 rings (SSSR count). The molecule has 2 atom stereocenters. The predicted octanol–water partition coefficient (Wildman–Crippen LogP) is 1.66. The van der Waals surface area contributed by atoms with Gasteiger partial charge in [-0.05, 0) is 18.4 Å². The van der Waals surface area contributed by atoms with Crippen LogP contribution in [0.15, 0.2) is 24.3 Å². The van der Waals surface area contributed by atoms with E-state index in [0.29, 0.717) is 13.1 Å². The zero-order valence-corrected chi connectivity index (χ0v) is 15.2. The van der Waals surface area contributed by atoms with Crippen LogP contribution >= 0.6 is 0 Å². The number of hydrogen-bond acceptors (Lipinski definition) is 4. The first-order valence-corrected chi connectivity index (χ1v) is 8.53. The molecule has 6 nitrogen and oxygen atoms in total. The molecule has 136 valence electrons. The van der Waals surface area contributed by atoms with E-state index in [0.717, 1.165) is 11.1 Å². The lowest BCUT2D eigenvalue weighted by molar-refractivity contribution is -0.146. The van der Waals surface area contributed by atoms with E-state index < -0.39 is 17.9 Å². The van der Waals surface area contributed by atoms with Gasteiger partial charge in [0.15, 0.2) is 0 Å². The van der Waals surface area contributed by atoms with E-state index in [4.69, 9.17) is 4.74 Å². The zero-order chi connectivity index (χ0) is 18.6. The van der Waals surface area contributed by atoms with Gasteiger partial charge in [0.25, 0.3) is 0 Å². The average molecular weight is 346 g/mol. The summed E-state index contributed by atoms with van der Waals surface area (Å²) in [5, 5.41) is 2.73. The summed E-state index contributed by atoms with van der Waals surface area (Å²) in [6.07, 6.45) is 0.170. The Labute approximate surface area is 148 Å². The number of nitrogens with one attached hydrogen (secondary N) is 1. The van der Waals surface area contributed by atoms with Crippen molar-refractivity contribution in [1.82, 2.24) is 10.2 Å². The van der Waals surface area contributed by atoms with Crippen LogP contribution in [0.3, 0.4) is 0 Å². The van der Waals surface area contributed by atoms with Gasteiger partial charge in [-0.25, -0.2) is 4.79 Å². The molecule has 0 bridgehead atoms. The maximum atomic E-state index is 12.5. The van der Waals surface area contributed by atoms with Gasteiger partial charge in [-0.2, -0.15) is 0 Å². The van der Waals surface area contributed by atoms with Gasteiger partial charge in [-0.3, -0.25) is 9.59 Å². The molecular weight excluding hydrogens is 320 g/mol. The average Bonchev–Trinajstić information content (AvgIpc) is 2.94. The Morgan fingerprint density at radius 3 is 2.48 bits per heavy atom. The number of hydrogen-bond donors (Lipinski definition) is 1. The summed E-state index contributed by atoms with van der Waals surface area (Å²) in [4.78, 5) is 38.2. The Bertz CT molecular complexity index is 639. The molecule has 6 heteroatoms. The summed E-state index contributed by atoms with van der Waals surface area (Å²) >= 11 is 0. The van der Waals surface area contributed by atoms with E-state index in [1.165, 1.54) is 7.11 Å². The topological polar surface area (TPSA) is 75.7 Å². The third-order valence-electron chi connectivity index (χ3n) is 4.50. The summed E-state index contributed by atoms with van der Waals surface area (Å²) < 4.78 is 4.74. The summed E-state index contributed by atoms with van der Waals surface area (Å²) in [6, 6.07) is 7.29. The minimum absolute atomic E-state index is 0.0418. The van der Waals surface area contributed by atoms with E-state index in [1.54, 1.807) is 4.90 Å². The Balaban J connectivity index is 1.97. The van der Waals surface area contributed by atoms with Crippen LogP contribution in [0.5, 0.6) is 0 Å². The summed E-state index contributed by atoms with van der Waals surface area (Å²) in [5.74, 6) is -1.31. The largest absolute Gasteiger partial charge is 0.467 e.